The molecule has 1 fully saturated rings. The van der Waals surface area contributed by atoms with Crippen LogP contribution in [-0.2, 0) is 0 Å². The number of hydrogen-bond acceptors (Lipinski definition) is 4. The minimum absolute atomic E-state index is 0. The fourth-order valence-corrected chi connectivity index (χ4v) is 3.22. The van der Waals surface area contributed by atoms with E-state index in [4.69, 9.17) is 11.6 Å². The van der Waals surface area contributed by atoms with Gasteiger partial charge in [-0.1, -0.05) is 29.8 Å². The van der Waals surface area contributed by atoms with Gasteiger partial charge in [-0.3, -0.25) is 0 Å². The SMILES string of the molecule is Br.Oc1ccc([C@H]2CNC[C@@H]2c2cccc(O)c2Cl)cc1O. The van der Waals surface area contributed by atoms with Crippen LogP contribution in [0.25, 0.3) is 0 Å². The summed E-state index contributed by atoms with van der Waals surface area (Å²) in [5, 5.41) is 32.6. The van der Waals surface area contributed by atoms with Crippen LogP contribution in [0, 0.1) is 0 Å². The van der Waals surface area contributed by atoms with Gasteiger partial charge in [0.1, 0.15) is 5.75 Å². The molecule has 4 N–H and O–H groups in total. The molecule has 3 rings (SSSR count). The largest absolute Gasteiger partial charge is 0.506 e. The normalized spacial score (nSPS) is 20.6. The van der Waals surface area contributed by atoms with Gasteiger partial charge in [-0.2, -0.15) is 0 Å². The topological polar surface area (TPSA) is 72.7 Å². The predicted molar refractivity (Wildman–Crippen MR) is 91.6 cm³/mol. The molecular formula is C16H17BrClNO3. The molecule has 0 spiro atoms. The molecule has 0 bridgehead atoms. The van der Waals surface area contributed by atoms with Gasteiger partial charge in [0.15, 0.2) is 11.5 Å². The summed E-state index contributed by atoms with van der Waals surface area (Å²) < 4.78 is 0. The molecule has 1 aliphatic rings. The molecule has 2 aromatic carbocycles. The van der Waals surface area contributed by atoms with Gasteiger partial charge >= 0.3 is 0 Å². The van der Waals surface area contributed by atoms with Gasteiger partial charge < -0.3 is 20.6 Å². The highest BCUT2D eigenvalue weighted by Crippen LogP contribution is 2.42. The average Bonchev–Trinajstić information content (AvgIpc) is 2.94. The molecule has 0 aromatic heterocycles. The highest BCUT2D eigenvalue weighted by atomic mass is 79.9. The summed E-state index contributed by atoms with van der Waals surface area (Å²) in [5.74, 6) is 0.0505. The fraction of sp³-hybridized carbons (Fsp3) is 0.250. The molecule has 1 heterocycles. The lowest BCUT2D eigenvalue weighted by molar-refractivity contribution is 0.402. The molecule has 4 nitrogen and oxygen atoms in total. The fourth-order valence-electron chi connectivity index (χ4n) is 2.95. The standard InChI is InChI=1S/C16H16ClNO3.BrH/c17-16-10(2-1-3-14(16)20)12-8-18-7-11(12)9-4-5-13(19)15(21)6-9;/h1-6,11-12,18-21H,7-8H2;1H/t11-,12-;/m1./s1. The third kappa shape index (κ3) is 3.02. The van der Waals surface area contributed by atoms with Crippen LogP contribution in [0.15, 0.2) is 36.4 Å². The number of nitrogens with one attached hydrogen (secondary N) is 1. The number of phenols is 3. The van der Waals surface area contributed by atoms with Crippen LogP contribution in [-0.4, -0.2) is 28.4 Å². The van der Waals surface area contributed by atoms with Crippen molar-refractivity contribution >= 4 is 28.6 Å². The van der Waals surface area contributed by atoms with E-state index in [1.54, 1.807) is 24.3 Å². The summed E-state index contributed by atoms with van der Waals surface area (Å²) >= 11 is 6.22. The van der Waals surface area contributed by atoms with E-state index in [-0.39, 0.29) is 46.1 Å². The molecular weight excluding hydrogens is 370 g/mol. The van der Waals surface area contributed by atoms with Crippen molar-refractivity contribution in [3.05, 3.63) is 52.5 Å². The van der Waals surface area contributed by atoms with E-state index in [9.17, 15) is 15.3 Å². The van der Waals surface area contributed by atoms with Crippen molar-refractivity contribution in [3.8, 4) is 17.2 Å². The molecule has 0 radical (unpaired) electrons. The lowest BCUT2D eigenvalue weighted by Gasteiger charge is -2.21. The van der Waals surface area contributed by atoms with E-state index in [0.29, 0.717) is 5.02 Å². The maximum Gasteiger partial charge on any atom is 0.157 e. The quantitative estimate of drug-likeness (QED) is 0.596. The Kier molecular flexibility index (Phi) is 5.21. The van der Waals surface area contributed by atoms with Crippen LogP contribution in [0.4, 0.5) is 0 Å². The lowest BCUT2D eigenvalue weighted by atomic mass is 9.84. The van der Waals surface area contributed by atoms with E-state index in [1.165, 1.54) is 6.07 Å². The molecule has 2 atom stereocenters. The second-order valence-electron chi connectivity index (χ2n) is 5.30. The van der Waals surface area contributed by atoms with Crippen LogP contribution in [0.5, 0.6) is 17.2 Å². The summed E-state index contributed by atoms with van der Waals surface area (Å²) in [6.07, 6.45) is 0. The molecule has 1 saturated heterocycles. The van der Waals surface area contributed by atoms with Gasteiger partial charge in [-0.15, -0.1) is 17.0 Å². The van der Waals surface area contributed by atoms with Crippen LogP contribution < -0.4 is 5.32 Å². The Morgan fingerprint density at radius 1 is 0.909 bits per heavy atom. The molecule has 118 valence electrons. The molecule has 1 aliphatic heterocycles. The summed E-state index contributed by atoms with van der Waals surface area (Å²) in [6.45, 7) is 1.50. The van der Waals surface area contributed by atoms with Gasteiger partial charge in [0.05, 0.1) is 5.02 Å². The zero-order chi connectivity index (χ0) is 15.0. The van der Waals surface area contributed by atoms with Gasteiger partial charge in [-0.05, 0) is 29.3 Å². The van der Waals surface area contributed by atoms with Crippen LogP contribution in [0.2, 0.25) is 5.02 Å². The minimum atomic E-state index is -0.128. The first-order valence-corrected chi connectivity index (χ1v) is 7.15. The Labute approximate surface area is 144 Å². The van der Waals surface area contributed by atoms with Gasteiger partial charge in [0, 0.05) is 24.9 Å². The van der Waals surface area contributed by atoms with E-state index < -0.39 is 0 Å². The van der Waals surface area contributed by atoms with Crippen LogP contribution in [0.3, 0.4) is 0 Å². The summed E-state index contributed by atoms with van der Waals surface area (Å²) in [5.41, 5.74) is 1.82. The third-order valence-electron chi connectivity index (χ3n) is 4.05. The van der Waals surface area contributed by atoms with Crippen molar-refractivity contribution < 1.29 is 15.3 Å². The zero-order valence-electron chi connectivity index (χ0n) is 11.7. The molecule has 0 aliphatic carbocycles. The Morgan fingerprint density at radius 2 is 1.64 bits per heavy atom. The zero-order valence-corrected chi connectivity index (χ0v) is 14.1. The maximum absolute atomic E-state index is 9.77. The van der Waals surface area contributed by atoms with Crippen molar-refractivity contribution in [2.45, 2.75) is 11.8 Å². The Hall–Kier alpha value is -1.43. The van der Waals surface area contributed by atoms with Crippen molar-refractivity contribution in [1.29, 1.82) is 0 Å². The third-order valence-corrected chi connectivity index (χ3v) is 4.46. The second-order valence-corrected chi connectivity index (χ2v) is 5.68. The Morgan fingerprint density at radius 3 is 2.36 bits per heavy atom. The smallest absolute Gasteiger partial charge is 0.157 e. The first-order valence-electron chi connectivity index (χ1n) is 6.78. The number of phenolic OH excluding ortho intramolecular Hbond substituents is 3. The average molecular weight is 387 g/mol. The predicted octanol–water partition coefficient (Wildman–Crippen LogP) is 3.51. The number of hydrogen-bond donors (Lipinski definition) is 4. The van der Waals surface area contributed by atoms with Gasteiger partial charge in [0.25, 0.3) is 0 Å². The van der Waals surface area contributed by atoms with E-state index >= 15 is 0 Å². The number of aromatic hydroxyl groups is 3. The van der Waals surface area contributed by atoms with Crippen molar-refractivity contribution in [2.75, 3.05) is 13.1 Å². The first kappa shape index (κ1) is 16.9. The second kappa shape index (κ2) is 6.77. The summed E-state index contributed by atoms with van der Waals surface area (Å²) in [6, 6.07) is 10.1. The molecule has 2 aromatic rings. The molecule has 6 heteroatoms. The number of benzene rings is 2. The lowest BCUT2D eigenvalue weighted by Crippen LogP contribution is -2.09. The summed E-state index contributed by atoms with van der Waals surface area (Å²) in [4.78, 5) is 0. The first-order chi connectivity index (χ1) is 10.1. The molecule has 0 unspecified atom stereocenters. The summed E-state index contributed by atoms with van der Waals surface area (Å²) in [7, 11) is 0. The van der Waals surface area contributed by atoms with Crippen molar-refractivity contribution in [2.24, 2.45) is 0 Å². The van der Waals surface area contributed by atoms with Crippen LogP contribution in [0.1, 0.15) is 23.0 Å². The highest BCUT2D eigenvalue weighted by molar-refractivity contribution is 8.93. The number of rotatable bonds is 2. The van der Waals surface area contributed by atoms with Crippen molar-refractivity contribution in [1.82, 2.24) is 5.32 Å². The van der Waals surface area contributed by atoms with E-state index in [2.05, 4.69) is 5.32 Å². The molecule has 0 amide bonds. The van der Waals surface area contributed by atoms with Crippen molar-refractivity contribution in [3.63, 3.8) is 0 Å². The molecule has 0 saturated carbocycles. The van der Waals surface area contributed by atoms with Crippen LogP contribution >= 0.6 is 28.6 Å². The Bertz CT molecular complexity index is 680. The minimum Gasteiger partial charge on any atom is -0.506 e. The highest BCUT2D eigenvalue weighted by Gasteiger charge is 2.32. The van der Waals surface area contributed by atoms with E-state index in [1.807, 2.05) is 6.07 Å². The molecule has 22 heavy (non-hydrogen) atoms. The van der Waals surface area contributed by atoms with Gasteiger partial charge in [0.2, 0.25) is 0 Å². The monoisotopic (exact) mass is 385 g/mol. The van der Waals surface area contributed by atoms with Gasteiger partial charge in [-0.25, -0.2) is 0 Å². The number of halogens is 2. The van der Waals surface area contributed by atoms with E-state index in [0.717, 1.165) is 24.2 Å². The maximum atomic E-state index is 9.77. The Balaban J connectivity index is 0.00000176.